The molecule has 0 aliphatic rings. The van der Waals surface area contributed by atoms with Crippen molar-refractivity contribution in [1.29, 1.82) is 0 Å². The summed E-state index contributed by atoms with van der Waals surface area (Å²) in [5.74, 6) is 0.405. The van der Waals surface area contributed by atoms with Crippen LogP contribution in [0.3, 0.4) is 0 Å². The molecule has 0 spiro atoms. The molecule has 6 heteroatoms. The number of hydrogen-bond acceptors (Lipinski definition) is 4. The number of nitrogens with zero attached hydrogens (tertiary/aromatic N) is 2. The molecule has 0 aliphatic carbocycles. The summed E-state index contributed by atoms with van der Waals surface area (Å²) >= 11 is 0. The predicted octanol–water partition coefficient (Wildman–Crippen LogP) is 1.24. The lowest BCUT2D eigenvalue weighted by atomic mass is 10.2. The van der Waals surface area contributed by atoms with Crippen LogP contribution in [0.4, 0.5) is 0 Å². The van der Waals surface area contributed by atoms with E-state index in [0.717, 1.165) is 17.0 Å². The fraction of sp³-hybridized carbons (Fsp3) is 0.357. The number of ether oxygens (including phenoxy) is 2. The number of rotatable bonds is 5. The summed E-state index contributed by atoms with van der Waals surface area (Å²) in [6.07, 6.45) is 0. The molecule has 106 valence electrons. The van der Waals surface area contributed by atoms with Gasteiger partial charge >= 0.3 is 11.7 Å². The summed E-state index contributed by atoms with van der Waals surface area (Å²) < 4.78 is 11.9. The molecule has 0 saturated carbocycles. The summed E-state index contributed by atoms with van der Waals surface area (Å²) in [6, 6.07) is 7.73. The zero-order valence-corrected chi connectivity index (χ0v) is 11.8. The molecule has 0 fully saturated rings. The predicted molar refractivity (Wildman–Crippen MR) is 71.6 cm³/mol. The van der Waals surface area contributed by atoms with E-state index in [-0.39, 0.29) is 0 Å². The van der Waals surface area contributed by atoms with E-state index in [2.05, 4.69) is 10.3 Å². The lowest BCUT2D eigenvalue weighted by molar-refractivity contribution is -0.751. The molecule has 1 heterocycles. The first kappa shape index (κ1) is 14.0. The van der Waals surface area contributed by atoms with Crippen LogP contribution in [0.25, 0.3) is 0 Å². The number of methoxy groups -OCH3 is 1. The highest BCUT2D eigenvalue weighted by Crippen LogP contribution is 2.11. The molecule has 0 saturated heterocycles. The molecule has 0 aliphatic heterocycles. The van der Waals surface area contributed by atoms with Gasteiger partial charge in [0.05, 0.1) is 18.8 Å². The topological polar surface area (TPSA) is 68.1 Å². The average molecular weight is 276 g/mol. The molecule has 0 unspecified atom stereocenters. The lowest BCUT2D eigenvalue weighted by Gasteiger charge is -2.01. The second kappa shape index (κ2) is 6.18. The molecule has 2 aromatic rings. The van der Waals surface area contributed by atoms with E-state index < -0.39 is 5.97 Å². The monoisotopic (exact) mass is 276 g/mol. The highest BCUT2D eigenvalue weighted by Gasteiger charge is 2.25. The largest absolute Gasteiger partial charge is 0.497 e. The molecule has 20 heavy (non-hydrogen) atoms. The normalized spacial score (nSPS) is 10.3. The van der Waals surface area contributed by atoms with Crippen molar-refractivity contribution in [3.05, 3.63) is 41.2 Å². The molecule has 1 N–H and O–H groups in total. The van der Waals surface area contributed by atoms with E-state index in [1.807, 2.05) is 31.2 Å². The number of H-pyrrole nitrogens is 1. The van der Waals surface area contributed by atoms with E-state index in [1.54, 1.807) is 18.7 Å². The van der Waals surface area contributed by atoms with Crippen molar-refractivity contribution < 1.29 is 19.0 Å². The first-order valence-electron chi connectivity index (χ1n) is 6.40. The molecule has 6 nitrogen and oxygen atoms in total. The van der Waals surface area contributed by atoms with Crippen LogP contribution in [0, 0.1) is 6.92 Å². The summed E-state index contributed by atoms with van der Waals surface area (Å²) in [6.45, 7) is 4.54. The summed E-state index contributed by atoms with van der Waals surface area (Å²) in [4.78, 5) is 11.7. The van der Waals surface area contributed by atoms with Crippen molar-refractivity contribution in [3.63, 3.8) is 0 Å². The van der Waals surface area contributed by atoms with Crippen molar-refractivity contribution in [1.82, 2.24) is 10.3 Å². The Balaban J connectivity index is 2.15. The zero-order chi connectivity index (χ0) is 14.5. The van der Waals surface area contributed by atoms with E-state index in [1.165, 1.54) is 0 Å². The number of esters is 1. The summed E-state index contributed by atoms with van der Waals surface area (Å²) in [7, 11) is 1.63. The van der Waals surface area contributed by atoms with Crippen LogP contribution in [0.5, 0.6) is 5.75 Å². The van der Waals surface area contributed by atoms with Crippen molar-refractivity contribution in [3.8, 4) is 5.75 Å². The van der Waals surface area contributed by atoms with Crippen molar-refractivity contribution in [2.24, 2.45) is 0 Å². The maximum absolute atomic E-state index is 11.7. The fourth-order valence-corrected chi connectivity index (χ4v) is 1.85. The van der Waals surface area contributed by atoms with Gasteiger partial charge in [-0.15, -0.1) is 0 Å². The molecule has 1 aromatic carbocycles. The minimum atomic E-state index is -0.408. The molecule has 2 rings (SSSR count). The van der Waals surface area contributed by atoms with Gasteiger partial charge in [0, 0.05) is 6.92 Å². The third-order valence-electron chi connectivity index (χ3n) is 3.00. The van der Waals surface area contributed by atoms with Gasteiger partial charge in [-0.1, -0.05) is 17.3 Å². The van der Waals surface area contributed by atoms with Crippen LogP contribution >= 0.6 is 0 Å². The first-order valence-corrected chi connectivity index (χ1v) is 6.40. The van der Waals surface area contributed by atoms with Gasteiger partial charge in [0.25, 0.3) is 0 Å². The van der Waals surface area contributed by atoms with Crippen LogP contribution in [0.2, 0.25) is 0 Å². The minimum Gasteiger partial charge on any atom is -0.497 e. The quantitative estimate of drug-likeness (QED) is 0.659. The van der Waals surface area contributed by atoms with Gasteiger partial charge in [-0.05, 0) is 24.6 Å². The average Bonchev–Trinajstić information content (AvgIpc) is 2.81. The molecule has 0 bridgehead atoms. The zero-order valence-electron chi connectivity index (χ0n) is 11.8. The third-order valence-corrected chi connectivity index (χ3v) is 3.00. The Morgan fingerprint density at radius 2 is 2.05 bits per heavy atom. The van der Waals surface area contributed by atoms with Gasteiger partial charge < -0.3 is 9.47 Å². The molecule has 1 aromatic heterocycles. The maximum atomic E-state index is 11.7. The summed E-state index contributed by atoms with van der Waals surface area (Å²) in [5, 5.41) is 6.83. The Kier molecular flexibility index (Phi) is 4.34. The van der Waals surface area contributed by atoms with Crippen LogP contribution in [0.1, 0.15) is 28.7 Å². The number of carbonyl (C=O) groups is 1. The Bertz CT molecular complexity index is 590. The van der Waals surface area contributed by atoms with Crippen LogP contribution in [0.15, 0.2) is 24.3 Å². The Morgan fingerprint density at radius 3 is 2.65 bits per heavy atom. The van der Waals surface area contributed by atoms with Crippen LogP contribution in [-0.4, -0.2) is 30.0 Å². The lowest BCUT2D eigenvalue weighted by Crippen LogP contribution is -2.39. The standard InChI is InChI=1S/C14H17N3O3/c1-4-20-14(18)13-10(2)17(16-15-13)9-11-5-7-12(19-3)8-6-11/h5-8H,4,9H2,1-3H3/p+1. The highest BCUT2D eigenvalue weighted by atomic mass is 16.5. The first-order chi connectivity index (χ1) is 9.65. The van der Waals surface area contributed by atoms with Gasteiger partial charge in [0.15, 0.2) is 5.69 Å². The van der Waals surface area contributed by atoms with Gasteiger partial charge in [0.1, 0.15) is 12.3 Å². The molecule has 0 amide bonds. The summed E-state index contributed by atoms with van der Waals surface area (Å²) in [5.41, 5.74) is 2.15. The van der Waals surface area contributed by atoms with Crippen molar-refractivity contribution in [2.75, 3.05) is 13.7 Å². The van der Waals surface area contributed by atoms with Crippen LogP contribution in [-0.2, 0) is 11.3 Å². The smallest absolute Gasteiger partial charge is 0.389 e. The second-order valence-corrected chi connectivity index (χ2v) is 4.30. The number of nitrogens with one attached hydrogen (secondary N) is 1. The molecular formula is C14H18N3O3+. The number of benzene rings is 1. The third kappa shape index (κ3) is 2.96. The SMILES string of the molecule is CCOC(=O)c1n[nH][n+](Cc2ccc(OC)cc2)c1C. The van der Waals surface area contributed by atoms with Crippen molar-refractivity contribution in [2.45, 2.75) is 20.4 Å². The van der Waals surface area contributed by atoms with E-state index in [9.17, 15) is 4.79 Å². The Morgan fingerprint density at radius 1 is 1.35 bits per heavy atom. The second-order valence-electron chi connectivity index (χ2n) is 4.30. The van der Waals surface area contributed by atoms with E-state index in [0.29, 0.717) is 18.8 Å². The number of hydrogen-bond donors (Lipinski definition) is 1. The molecular weight excluding hydrogens is 258 g/mol. The molecule has 0 radical (unpaired) electrons. The minimum absolute atomic E-state index is 0.320. The van der Waals surface area contributed by atoms with Gasteiger partial charge in [-0.3, -0.25) is 0 Å². The Labute approximate surface area is 117 Å². The van der Waals surface area contributed by atoms with Gasteiger partial charge in [-0.25, -0.2) is 4.79 Å². The van der Waals surface area contributed by atoms with Gasteiger partial charge in [0.2, 0.25) is 0 Å². The van der Waals surface area contributed by atoms with Crippen LogP contribution < -0.4 is 9.42 Å². The fourth-order valence-electron chi connectivity index (χ4n) is 1.85. The number of aromatic nitrogens is 3. The van der Waals surface area contributed by atoms with Gasteiger partial charge in [-0.2, -0.15) is 4.68 Å². The van der Waals surface area contributed by atoms with Crippen molar-refractivity contribution >= 4 is 5.97 Å². The number of carbonyl (C=O) groups excluding carboxylic acids is 1. The van der Waals surface area contributed by atoms with E-state index >= 15 is 0 Å². The Hall–Kier alpha value is -2.37. The molecule has 0 atom stereocenters. The van der Waals surface area contributed by atoms with E-state index in [4.69, 9.17) is 9.47 Å². The highest BCUT2D eigenvalue weighted by molar-refractivity contribution is 5.87. The number of aromatic amines is 1. The maximum Gasteiger partial charge on any atom is 0.389 e.